The van der Waals surface area contributed by atoms with Gasteiger partial charge in [0.2, 0.25) is 0 Å². The van der Waals surface area contributed by atoms with Crippen LogP contribution >= 0.6 is 0 Å². The van der Waals surface area contributed by atoms with Crippen LogP contribution in [0.2, 0.25) is 0 Å². The molecule has 0 amide bonds. The van der Waals surface area contributed by atoms with Crippen LogP contribution in [0, 0.1) is 5.92 Å². The Morgan fingerprint density at radius 1 is 1.29 bits per heavy atom. The standard InChI is InChI=1S/C14H25N3/c1-12(2)10-16-8-9-17(3)11-13-6-4-5-7-14(13)15/h4-7,12,16H,8-11,15H2,1-3H3. The Kier molecular flexibility index (Phi) is 6.01. The number of nitrogens with zero attached hydrogens (tertiary/aromatic N) is 1. The second-order valence-electron chi connectivity index (χ2n) is 5.03. The summed E-state index contributed by atoms with van der Waals surface area (Å²) in [5.74, 6) is 0.713. The van der Waals surface area contributed by atoms with Gasteiger partial charge in [-0.3, -0.25) is 0 Å². The number of likely N-dealkylation sites (N-methyl/N-ethyl adjacent to an activating group) is 1. The Morgan fingerprint density at radius 2 is 2.00 bits per heavy atom. The fraction of sp³-hybridized carbons (Fsp3) is 0.571. The van der Waals surface area contributed by atoms with Crippen molar-refractivity contribution in [1.82, 2.24) is 10.2 Å². The van der Waals surface area contributed by atoms with Crippen LogP contribution in [0.5, 0.6) is 0 Å². The molecule has 0 heterocycles. The molecule has 0 atom stereocenters. The molecule has 0 unspecified atom stereocenters. The van der Waals surface area contributed by atoms with Gasteiger partial charge in [0.05, 0.1) is 0 Å². The van der Waals surface area contributed by atoms with Crippen molar-refractivity contribution in [3.05, 3.63) is 29.8 Å². The van der Waals surface area contributed by atoms with E-state index in [1.54, 1.807) is 0 Å². The number of nitrogens with two attached hydrogens (primary N) is 1. The summed E-state index contributed by atoms with van der Waals surface area (Å²) in [7, 11) is 2.13. The summed E-state index contributed by atoms with van der Waals surface area (Å²) in [6, 6.07) is 8.06. The Bertz CT molecular complexity index is 323. The summed E-state index contributed by atoms with van der Waals surface area (Å²) < 4.78 is 0. The van der Waals surface area contributed by atoms with E-state index in [0.717, 1.165) is 31.9 Å². The molecular formula is C14H25N3. The minimum atomic E-state index is 0.713. The van der Waals surface area contributed by atoms with Crippen LogP contribution in [0.4, 0.5) is 5.69 Å². The molecule has 3 heteroatoms. The molecule has 0 bridgehead atoms. The maximum atomic E-state index is 5.92. The molecule has 0 aliphatic rings. The van der Waals surface area contributed by atoms with Gasteiger partial charge in [-0.1, -0.05) is 32.0 Å². The lowest BCUT2D eigenvalue weighted by Crippen LogP contribution is -2.31. The van der Waals surface area contributed by atoms with E-state index in [0.29, 0.717) is 5.92 Å². The average Bonchev–Trinajstić information content (AvgIpc) is 2.27. The zero-order valence-electron chi connectivity index (χ0n) is 11.2. The zero-order valence-corrected chi connectivity index (χ0v) is 11.2. The van der Waals surface area contributed by atoms with Gasteiger partial charge in [0.15, 0.2) is 0 Å². The summed E-state index contributed by atoms with van der Waals surface area (Å²) in [6.07, 6.45) is 0. The van der Waals surface area contributed by atoms with Crippen molar-refractivity contribution >= 4 is 5.69 Å². The number of rotatable bonds is 7. The molecule has 0 aromatic heterocycles. The topological polar surface area (TPSA) is 41.3 Å². The first-order valence-corrected chi connectivity index (χ1v) is 6.32. The lowest BCUT2D eigenvalue weighted by Gasteiger charge is -2.18. The number of hydrogen-bond donors (Lipinski definition) is 2. The van der Waals surface area contributed by atoms with Gasteiger partial charge in [-0.2, -0.15) is 0 Å². The fourth-order valence-corrected chi connectivity index (χ4v) is 1.71. The minimum Gasteiger partial charge on any atom is -0.398 e. The van der Waals surface area contributed by atoms with Crippen LogP contribution in [-0.2, 0) is 6.54 Å². The van der Waals surface area contributed by atoms with Crippen LogP contribution < -0.4 is 11.1 Å². The van der Waals surface area contributed by atoms with Gasteiger partial charge < -0.3 is 16.0 Å². The fourth-order valence-electron chi connectivity index (χ4n) is 1.71. The molecule has 0 saturated carbocycles. The van der Waals surface area contributed by atoms with Gasteiger partial charge in [0, 0.05) is 25.3 Å². The maximum Gasteiger partial charge on any atom is 0.0359 e. The molecule has 96 valence electrons. The van der Waals surface area contributed by atoms with Crippen molar-refractivity contribution in [1.29, 1.82) is 0 Å². The Hall–Kier alpha value is -1.06. The predicted octanol–water partition coefficient (Wildman–Crippen LogP) is 1.95. The van der Waals surface area contributed by atoms with Crippen LogP contribution in [0.25, 0.3) is 0 Å². The molecule has 17 heavy (non-hydrogen) atoms. The lowest BCUT2D eigenvalue weighted by atomic mass is 10.2. The molecule has 1 aromatic rings. The highest BCUT2D eigenvalue weighted by atomic mass is 15.1. The monoisotopic (exact) mass is 235 g/mol. The molecule has 3 nitrogen and oxygen atoms in total. The van der Waals surface area contributed by atoms with E-state index in [4.69, 9.17) is 5.73 Å². The molecule has 0 spiro atoms. The molecule has 3 N–H and O–H groups in total. The number of nitrogen functional groups attached to an aromatic ring is 1. The van der Waals surface area contributed by atoms with Crippen molar-refractivity contribution in [2.24, 2.45) is 5.92 Å². The normalized spacial score (nSPS) is 11.4. The summed E-state index contributed by atoms with van der Waals surface area (Å²) in [5, 5.41) is 3.44. The SMILES string of the molecule is CC(C)CNCCN(C)Cc1ccccc1N. The molecule has 0 fully saturated rings. The molecule has 1 rings (SSSR count). The Morgan fingerprint density at radius 3 is 2.65 bits per heavy atom. The third kappa shape index (κ3) is 5.71. The van der Waals surface area contributed by atoms with E-state index in [-0.39, 0.29) is 0 Å². The van der Waals surface area contributed by atoms with Crippen LogP contribution in [0.3, 0.4) is 0 Å². The van der Waals surface area contributed by atoms with Gasteiger partial charge in [-0.05, 0) is 31.1 Å². The van der Waals surface area contributed by atoms with Crippen molar-refractivity contribution in [2.45, 2.75) is 20.4 Å². The van der Waals surface area contributed by atoms with Crippen molar-refractivity contribution in [3.63, 3.8) is 0 Å². The van der Waals surface area contributed by atoms with Crippen molar-refractivity contribution in [3.8, 4) is 0 Å². The van der Waals surface area contributed by atoms with E-state index in [9.17, 15) is 0 Å². The summed E-state index contributed by atoms with van der Waals surface area (Å²) in [4.78, 5) is 2.29. The molecule has 0 aliphatic heterocycles. The van der Waals surface area contributed by atoms with Crippen LogP contribution in [0.15, 0.2) is 24.3 Å². The number of para-hydroxylation sites is 1. The third-order valence-electron chi connectivity index (χ3n) is 2.72. The Balaban J connectivity index is 2.25. The van der Waals surface area contributed by atoms with Gasteiger partial charge in [-0.25, -0.2) is 0 Å². The van der Waals surface area contributed by atoms with E-state index in [2.05, 4.69) is 37.2 Å². The quantitative estimate of drug-likeness (QED) is 0.560. The van der Waals surface area contributed by atoms with E-state index >= 15 is 0 Å². The molecule has 0 radical (unpaired) electrons. The highest BCUT2D eigenvalue weighted by Gasteiger charge is 2.02. The summed E-state index contributed by atoms with van der Waals surface area (Å²) in [6.45, 7) is 8.52. The van der Waals surface area contributed by atoms with E-state index in [1.165, 1.54) is 5.56 Å². The number of benzene rings is 1. The molecular weight excluding hydrogens is 210 g/mol. The van der Waals surface area contributed by atoms with Crippen LogP contribution in [-0.4, -0.2) is 31.6 Å². The second kappa shape index (κ2) is 7.30. The predicted molar refractivity (Wildman–Crippen MR) is 74.9 cm³/mol. The number of nitrogens with one attached hydrogen (secondary N) is 1. The first kappa shape index (κ1) is 14.0. The minimum absolute atomic E-state index is 0.713. The number of hydrogen-bond acceptors (Lipinski definition) is 3. The van der Waals surface area contributed by atoms with E-state index in [1.807, 2.05) is 18.2 Å². The summed E-state index contributed by atoms with van der Waals surface area (Å²) in [5.41, 5.74) is 8.01. The Labute approximate surface area is 105 Å². The maximum absolute atomic E-state index is 5.92. The molecule has 0 aliphatic carbocycles. The molecule has 0 saturated heterocycles. The molecule has 1 aromatic carbocycles. The third-order valence-corrected chi connectivity index (χ3v) is 2.72. The van der Waals surface area contributed by atoms with Crippen LogP contribution in [0.1, 0.15) is 19.4 Å². The van der Waals surface area contributed by atoms with E-state index < -0.39 is 0 Å². The highest BCUT2D eigenvalue weighted by molar-refractivity contribution is 5.46. The van der Waals surface area contributed by atoms with Crippen molar-refractivity contribution < 1.29 is 0 Å². The highest BCUT2D eigenvalue weighted by Crippen LogP contribution is 2.11. The summed E-state index contributed by atoms with van der Waals surface area (Å²) >= 11 is 0. The largest absolute Gasteiger partial charge is 0.398 e. The lowest BCUT2D eigenvalue weighted by molar-refractivity contribution is 0.322. The second-order valence-corrected chi connectivity index (χ2v) is 5.03. The van der Waals surface area contributed by atoms with Gasteiger partial charge >= 0.3 is 0 Å². The van der Waals surface area contributed by atoms with Gasteiger partial charge in [-0.15, -0.1) is 0 Å². The first-order chi connectivity index (χ1) is 8.09. The average molecular weight is 235 g/mol. The first-order valence-electron chi connectivity index (χ1n) is 6.32. The smallest absolute Gasteiger partial charge is 0.0359 e. The van der Waals surface area contributed by atoms with Crippen molar-refractivity contribution in [2.75, 3.05) is 32.4 Å². The van der Waals surface area contributed by atoms with Gasteiger partial charge in [0.1, 0.15) is 0 Å². The van der Waals surface area contributed by atoms with Gasteiger partial charge in [0.25, 0.3) is 0 Å². The zero-order chi connectivity index (χ0) is 12.7. The number of anilines is 1.